The normalized spacial score (nSPS) is 19.5. The number of fused-ring (bicyclic) bond motifs is 5. The lowest BCUT2D eigenvalue weighted by molar-refractivity contribution is 0.405. The van der Waals surface area contributed by atoms with Gasteiger partial charge in [-0.25, -0.2) is 0 Å². The third kappa shape index (κ3) is 4.56. The van der Waals surface area contributed by atoms with Crippen molar-refractivity contribution in [3.05, 3.63) is 211 Å². The number of benzene rings is 6. The molecule has 0 radical (unpaired) electrons. The van der Waals surface area contributed by atoms with Crippen LogP contribution in [-0.4, -0.2) is 4.57 Å². The fourth-order valence-corrected chi connectivity index (χ4v) is 9.20. The van der Waals surface area contributed by atoms with Crippen molar-refractivity contribution >= 4 is 33.2 Å². The lowest BCUT2D eigenvalue weighted by atomic mass is 9.56. The van der Waals surface area contributed by atoms with E-state index < -0.39 is 0 Å². The van der Waals surface area contributed by atoms with Crippen molar-refractivity contribution in [1.29, 1.82) is 0 Å². The molecule has 2 heteroatoms. The molecular formula is C49H38N2. The maximum absolute atomic E-state index is 2.54. The van der Waals surface area contributed by atoms with Crippen molar-refractivity contribution in [1.82, 2.24) is 4.57 Å². The molecular weight excluding hydrogens is 617 g/mol. The Morgan fingerprint density at radius 2 is 1.24 bits per heavy atom. The zero-order chi connectivity index (χ0) is 33.8. The minimum atomic E-state index is -0.296. The van der Waals surface area contributed by atoms with E-state index in [0.717, 1.165) is 19.3 Å². The van der Waals surface area contributed by atoms with Crippen molar-refractivity contribution in [3.8, 4) is 16.8 Å². The standard InChI is InChI=1S/C49H38N2/c1-3-19-37(20-4-1)49(38-21-5-2-6-22-38)43-27-9-13-31-47(43)51(48-32-14-10-28-44(48)49)40-24-16-18-36(34-40)35-17-15-23-39(33-35)50-45-29-11-7-25-41(45)42-26-8-12-30-46(42)50/h1,3-5,7-27,29-34,44H,2,6,28H2. The molecule has 6 aromatic carbocycles. The largest absolute Gasteiger partial charge is 0.314 e. The molecule has 7 aromatic rings. The maximum atomic E-state index is 2.54. The average molecular weight is 655 g/mol. The molecule has 0 N–H and O–H groups in total. The first-order chi connectivity index (χ1) is 25.3. The Hall–Kier alpha value is -6.12. The number of rotatable bonds is 5. The van der Waals surface area contributed by atoms with Gasteiger partial charge < -0.3 is 9.47 Å². The van der Waals surface area contributed by atoms with Crippen LogP contribution in [0.4, 0.5) is 11.4 Å². The van der Waals surface area contributed by atoms with Crippen LogP contribution >= 0.6 is 0 Å². The molecule has 2 heterocycles. The van der Waals surface area contributed by atoms with Gasteiger partial charge in [0.2, 0.25) is 0 Å². The van der Waals surface area contributed by atoms with Crippen LogP contribution in [0.2, 0.25) is 0 Å². The smallest absolute Gasteiger partial charge is 0.0554 e. The Morgan fingerprint density at radius 3 is 1.98 bits per heavy atom. The summed E-state index contributed by atoms with van der Waals surface area (Å²) in [6.45, 7) is 0. The Labute approximate surface area is 299 Å². The fourth-order valence-electron chi connectivity index (χ4n) is 9.20. The predicted molar refractivity (Wildman–Crippen MR) is 214 cm³/mol. The van der Waals surface area contributed by atoms with Crippen LogP contribution in [0.1, 0.15) is 30.4 Å². The summed E-state index contributed by atoms with van der Waals surface area (Å²) in [5.74, 6) is 0.232. The van der Waals surface area contributed by atoms with Gasteiger partial charge >= 0.3 is 0 Å². The van der Waals surface area contributed by atoms with Crippen LogP contribution in [0.5, 0.6) is 0 Å². The number of aromatic nitrogens is 1. The summed E-state index contributed by atoms with van der Waals surface area (Å²) in [6, 6.07) is 56.0. The molecule has 1 aliphatic heterocycles. The molecule has 1 aromatic heterocycles. The summed E-state index contributed by atoms with van der Waals surface area (Å²) in [5.41, 5.74) is 13.6. The molecule has 244 valence electrons. The number of anilines is 2. The molecule has 0 saturated heterocycles. The molecule has 0 fully saturated rings. The molecule has 2 unspecified atom stereocenters. The van der Waals surface area contributed by atoms with Crippen LogP contribution < -0.4 is 4.90 Å². The number of nitrogens with zero attached hydrogens (tertiary/aromatic N) is 2. The van der Waals surface area contributed by atoms with Crippen LogP contribution in [0, 0.1) is 5.92 Å². The molecule has 51 heavy (non-hydrogen) atoms. The topological polar surface area (TPSA) is 8.17 Å². The minimum absolute atomic E-state index is 0.232. The lowest BCUT2D eigenvalue weighted by Gasteiger charge is -2.53. The van der Waals surface area contributed by atoms with Crippen molar-refractivity contribution in [3.63, 3.8) is 0 Å². The predicted octanol–water partition coefficient (Wildman–Crippen LogP) is 12.6. The van der Waals surface area contributed by atoms with Crippen LogP contribution in [0.15, 0.2) is 199 Å². The van der Waals surface area contributed by atoms with Crippen molar-refractivity contribution in [2.45, 2.75) is 24.7 Å². The second-order valence-electron chi connectivity index (χ2n) is 13.9. The molecule has 2 aliphatic carbocycles. The third-order valence-corrected chi connectivity index (χ3v) is 11.3. The van der Waals surface area contributed by atoms with Gasteiger partial charge in [0, 0.05) is 33.8 Å². The van der Waals surface area contributed by atoms with Crippen molar-refractivity contribution < 1.29 is 0 Å². The Kier molecular flexibility index (Phi) is 7.02. The van der Waals surface area contributed by atoms with Gasteiger partial charge in [0.15, 0.2) is 0 Å². The van der Waals surface area contributed by atoms with E-state index in [9.17, 15) is 0 Å². The highest BCUT2D eigenvalue weighted by Gasteiger charge is 2.52. The molecule has 10 rings (SSSR count). The monoisotopic (exact) mass is 654 g/mol. The van der Waals surface area contributed by atoms with E-state index in [0.29, 0.717) is 0 Å². The number of allylic oxidation sites excluding steroid dienone is 8. The highest BCUT2D eigenvalue weighted by atomic mass is 15.2. The molecule has 0 bridgehead atoms. The van der Waals surface area contributed by atoms with Crippen molar-refractivity contribution in [2.75, 3.05) is 4.90 Å². The van der Waals surface area contributed by atoms with Gasteiger partial charge in [0.05, 0.1) is 22.1 Å². The Balaban J connectivity index is 1.14. The number of para-hydroxylation sites is 3. The summed E-state index contributed by atoms with van der Waals surface area (Å²) >= 11 is 0. The summed E-state index contributed by atoms with van der Waals surface area (Å²) in [7, 11) is 0. The first-order valence-corrected chi connectivity index (χ1v) is 18.2. The SMILES string of the molecule is C1=CCC2C(=C1)N(c1cccc(-c3cccc(-n4c5ccccc5c5ccccc54)c3)c1)c1ccccc1C2(C1=CCCC=C1)c1ccccc1. The second kappa shape index (κ2) is 12.0. The second-order valence-corrected chi connectivity index (χ2v) is 13.9. The van der Waals surface area contributed by atoms with Gasteiger partial charge in [-0.15, -0.1) is 0 Å². The molecule has 0 saturated carbocycles. The van der Waals surface area contributed by atoms with Crippen LogP contribution in [0.25, 0.3) is 38.6 Å². The zero-order valence-electron chi connectivity index (χ0n) is 28.5. The van der Waals surface area contributed by atoms with Crippen LogP contribution in [0.3, 0.4) is 0 Å². The zero-order valence-corrected chi connectivity index (χ0v) is 28.5. The summed E-state index contributed by atoms with van der Waals surface area (Å²) in [6.07, 6.45) is 17.4. The first-order valence-electron chi connectivity index (χ1n) is 18.2. The van der Waals surface area contributed by atoms with E-state index in [1.165, 1.54) is 72.4 Å². The average Bonchev–Trinajstić information content (AvgIpc) is 3.55. The fraction of sp³-hybridized carbons (Fsp3) is 0.102. The van der Waals surface area contributed by atoms with Gasteiger partial charge in [0.1, 0.15) is 0 Å². The Bertz CT molecular complexity index is 2530. The van der Waals surface area contributed by atoms with Crippen molar-refractivity contribution in [2.24, 2.45) is 5.92 Å². The summed E-state index contributed by atoms with van der Waals surface area (Å²) in [5, 5.41) is 2.55. The van der Waals surface area contributed by atoms with E-state index in [2.05, 4.69) is 198 Å². The van der Waals surface area contributed by atoms with E-state index in [-0.39, 0.29) is 11.3 Å². The first kappa shape index (κ1) is 29.8. The lowest BCUT2D eigenvalue weighted by Crippen LogP contribution is -2.47. The minimum Gasteiger partial charge on any atom is -0.314 e. The van der Waals surface area contributed by atoms with Gasteiger partial charge in [-0.1, -0.05) is 140 Å². The van der Waals surface area contributed by atoms with E-state index in [1.807, 2.05) is 0 Å². The van der Waals surface area contributed by atoms with E-state index >= 15 is 0 Å². The Morgan fingerprint density at radius 1 is 0.569 bits per heavy atom. The van der Waals surface area contributed by atoms with E-state index in [4.69, 9.17) is 0 Å². The molecule has 0 spiro atoms. The quantitative estimate of drug-likeness (QED) is 0.179. The van der Waals surface area contributed by atoms with Gasteiger partial charge in [0.25, 0.3) is 0 Å². The summed E-state index contributed by atoms with van der Waals surface area (Å²) in [4.78, 5) is 2.54. The number of hydrogen-bond donors (Lipinski definition) is 0. The molecule has 0 amide bonds. The van der Waals surface area contributed by atoms with Gasteiger partial charge in [-0.05, 0) is 95.6 Å². The highest BCUT2D eigenvalue weighted by Crippen LogP contribution is 2.59. The highest BCUT2D eigenvalue weighted by molar-refractivity contribution is 6.09. The van der Waals surface area contributed by atoms with E-state index in [1.54, 1.807) is 0 Å². The van der Waals surface area contributed by atoms with Gasteiger partial charge in [-0.3, -0.25) is 0 Å². The molecule has 3 aliphatic rings. The third-order valence-electron chi connectivity index (χ3n) is 11.3. The molecule has 2 atom stereocenters. The van der Waals surface area contributed by atoms with Crippen LogP contribution in [-0.2, 0) is 5.41 Å². The maximum Gasteiger partial charge on any atom is 0.0554 e. The van der Waals surface area contributed by atoms with Gasteiger partial charge in [-0.2, -0.15) is 0 Å². The summed E-state index contributed by atoms with van der Waals surface area (Å²) < 4.78 is 2.40. The number of hydrogen-bond acceptors (Lipinski definition) is 1. The molecule has 2 nitrogen and oxygen atoms in total.